The number of phenolic OH excluding ortho intramolecular Hbond substituents is 1. The molecule has 111 valence electrons. The summed E-state index contributed by atoms with van der Waals surface area (Å²) < 4.78 is 0. The van der Waals surface area contributed by atoms with Crippen molar-refractivity contribution < 1.29 is 33.9 Å². The Hall–Kier alpha value is -1.79. The Labute approximate surface area is 135 Å². The number of nitrogens with one attached hydrogen (secondary N) is 1. The summed E-state index contributed by atoms with van der Waals surface area (Å²) in [6.45, 7) is 0.938. The van der Waals surface area contributed by atoms with Gasteiger partial charge in [-0.2, -0.15) is 0 Å². The van der Waals surface area contributed by atoms with Gasteiger partial charge >= 0.3 is 0 Å². The van der Waals surface area contributed by atoms with Crippen LogP contribution < -0.4 is 11.1 Å². The molecule has 2 aromatic rings. The molecule has 0 bridgehead atoms. The number of aromatic hydroxyl groups is 1. The summed E-state index contributed by atoms with van der Waals surface area (Å²) in [5.74, 6) is -0.0228. The summed E-state index contributed by atoms with van der Waals surface area (Å²) in [5, 5.41) is 12.0. The van der Waals surface area contributed by atoms with Gasteiger partial charge in [-0.3, -0.25) is 4.79 Å². The van der Waals surface area contributed by atoms with E-state index in [2.05, 4.69) is 5.32 Å². The van der Waals surface area contributed by atoms with Crippen molar-refractivity contribution >= 4 is 5.91 Å². The summed E-state index contributed by atoms with van der Waals surface area (Å²) in [5.41, 5.74) is 8.14. The standard InChI is InChI=1S/C15H16N2O2.H2O.V/c16-9-11-2-1-3-12(8-11)10-17-15(19)13-4-6-14(18)7-5-13;;/h1-8,18H,9-10,16H2,(H,17,19);1H2;. The van der Waals surface area contributed by atoms with Crippen molar-refractivity contribution in [2.45, 2.75) is 13.1 Å². The molecule has 0 saturated carbocycles. The van der Waals surface area contributed by atoms with E-state index in [1.807, 2.05) is 24.3 Å². The quantitative estimate of drug-likeness (QED) is 0.779. The number of hydrogen-bond donors (Lipinski definition) is 3. The van der Waals surface area contributed by atoms with Crippen LogP contribution in [0.1, 0.15) is 21.5 Å². The van der Waals surface area contributed by atoms with Crippen LogP contribution in [0.3, 0.4) is 0 Å². The monoisotopic (exact) mass is 325 g/mol. The summed E-state index contributed by atoms with van der Waals surface area (Å²) in [7, 11) is 0. The van der Waals surface area contributed by atoms with Gasteiger partial charge < -0.3 is 21.6 Å². The van der Waals surface area contributed by atoms with Crippen molar-refractivity contribution in [3.8, 4) is 5.75 Å². The van der Waals surface area contributed by atoms with E-state index in [1.54, 1.807) is 12.1 Å². The van der Waals surface area contributed by atoms with E-state index >= 15 is 0 Å². The molecule has 5 nitrogen and oxygen atoms in total. The Kier molecular flexibility index (Phi) is 8.42. The first kappa shape index (κ1) is 19.2. The van der Waals surface area contributed by atoms with E-state index in [4.69, 9.17) is 10.8 Å². The molecule has 0 aliphatic rings. The third-order valence-electron chi connectivity index (χ3n) is 2.81. The Balaban J connectivity index is 0.00000200. The van der Waals surface area contributed by atoms with Crippen LogP contribution >= 0.6 is 0 Å². The molecule has 0 spiro atoms. The number of carbonyl (C=O) groups is 1. The fourth-order valence-electron chi connectivity index (χ4n) is 1.76. The predicted octanol–water partition coefficient (Wildman–Crippen LogP) is 0.954. The molecule has 0 fully saturated rings. The van der Waals surface area contributed by atoms with Crippen LogP contribution in [0.5, 0.6) is 5.75 Å². The third-order valence-corrected chi connectivity index (χ3v) is 2.81. The van der Waals surface area contributed by atoms with Gasteiger partial charge in [-0.25, -0.2) is 0 Å². The normalized spacial score (nSPS) is 9.19. The van der Waals surface area contributed by atoms with E-state index in [0.29, 0.717) is 18.7 Å². The Bertz CT molecular complexity index is 573. The Morgan fingerprint density at radius 2 is 1.71 bits per heavy atom. The number of phenols is 1. The summed E-state index contributed by atoms with van der Waals surface area (Å²) >= 11 is 0. The SMILES string of the molecule is NCc1cccc(CNC(=O)c2ccc(O)cc2)c1.O.[V]. The van der Waals surface area contributed by atoms with Gasteiger partial charge in [0.2, 0.25) is 0 Å². The topological polar surface area (TPSA) is 107 Å². The van der Waals surface area contributed by atoms with Crippen molar-refractivity contribution in [3.63, 3.8) is 0 Å². The smallest absolute Gasteiger partial charge is 0.251 e. The molecule has 0 aliphatic carbocycles. The molecule has 0 aliphatic heterocycles. The minimum Gasteiger partial charge on any atom is -0.508 e. The van der Waals surface area contributed by atoms with Crippen LogP contribution in [-0.2, 0) is 31.6 Å². The summed E-state index contributed by atoms with van der Waals surface area (Å²) in [6.07, 6.45) is 0. The fraction of sp³-hybridized carbons (Fsp3) is 0.133. The average molecular weight is 325 g/mol. The molecular weight excluding hydrogens is 307 g/mol. The molecular formula is C15H18N2O3V. The van der Waals surface area contributed by atoms with Crippen molar-refractivity contribution in [2.75, 3.05) is 0 Å². The number of carbonyl (C=O) groups excluding carboxylic acids is 1. The second kappa shape index (κ2) is 9.21. The minimum atomic E-state index is -0.168. The van der Waals surface area contributed by atoms with E-state index in [1.165, 1.54) is 12.1 Å². The van der Waals surface area contributed by atoms with Crippen LogP contribution in [0.25, 0.3) is 0 Å². The van der Waals surface area contributed by atoms with Gasteiger partial charge in [-0.05, 0) is 35.4 Å². The van der Waals surface area contributed by atoms with Gasteiger partial charge in [0.25, 0.3) is 5.91 Å². The molecule has 21 heavy (non-hydrogen) atoms. The van der Waals surface area contributed by atoms with Crippen molar-refractivity contribution in [2.24, 2.45) is 5.73 Å². The molecule has 1 radical (unpaired) electrons. The van der Waals surface area contributed by atoms with Gasteiger partial charge in [0.15, 0.2) is 0 Å². The maximum atomic E-state index is 11.9. The van der Waals surface area contributed by atoms with E-state index in [9.17, 15) is 4.79 Å². The maximum Gasteiger partial charge on any atom is 0.251 e. The summed E-state index contributed by atoms with van der Waals surface area (Å²) in [6, 6.07) is 13.9. The molecule has 0 aromatic heterocycles. The Morgan fingerprint density at radius 1 is 1.10 bits per heavy atom. The average Bonchev–Trinajstić information content (AvgIpc) is 2.46. The largest absolute Gasteiger partial charge is 0.508 e. The van der Waals surface area contributed by atoms with Gasteiger partial charge in [-0.15, -0.1) is 0 Å². The zero-order chi connectivity index (χ0) is 13.7. The zero-order valence-corrected chi connectivity index (χ0v) is 12.8. The van der Waals surface area contributed by atoms with Gasteiger partial charge in [0.1, 0.15) is 5.75 Å². The van der Waals surface area contributed by atoms with E-state index in [-0.39, 0.29) is 35.7 Å². The molecule has 2 rings (SSSR count). The molecule has 0 atom stereocenters. The maximum absolute atomic E-state index is 11.9. The van der Waals surface area contributed by atoms with Crippen molar-refractivity contribution in [1.29, 1.82) is 0 Å². The molecule has 0 heterocycles. The zero-order valence-electron chi connectivity index (χ0n) is 11.4. The van der Waals surface area contributed by atoms with Crippen LogP contribution in [0.15, 0.2) is 48.5 Å². The second-order valence-corrected chi connectivity index (χ2v) is 4.25. The summed E-state index contributed by atoms with van der Waals surface area (Å²) in [4.78, 5) is 11.9. The molecule has 6 N–H and O–H groups in total. The Morgan fingerprint density at radius 3 is 2.33 bits per heavy atom. The predicted molar refractivity (Wildman–Crippen MR) is 77.2 cm³/mol. The van der Waals surface area contributed by atoms with E-state index in [0.717, 1.165) is 11.1 Å². The second-order valence-electron chi connectivity index (χ2n) is 4.25. The molecule has 1 amide bonds. The molecule has 2 aromatic carbocycles. The van der Waals surface area contributed by atoms with Crippen LogP contribution in [0.2, 0.25) is 0 Å². The minimum absolute atomic E-state index is 0. The van der Waals surface area contributed by atoms with Crippen molar-refractivity contribution in [3.05, 3.63) is 65.2 Å². The first-order chi connectivity index (χ1) is 9.19. The van der Waals surface area contributed by atoms with Gasteiger partial charge in [0, 0.05) is 37.2 Å². The van der Waals surface area contributed by atoms with Crippen molar-refractivity contribution in [1.82, 2.24) is 5.32 Å². The van der Waals surface area contributed by atoms with Crippen LogP contribution in [0, 0.1) is 0 Å². The molecule has 0 saturated heterocycles. The number of hydrogen-bond acceptors (Lipinski definition) is 3. The first-order valence-corrected chi connectivity index (χ1v) is 6.04. The third kappa shape index (κ3) is 5.61. The van der Waals surface area contributed by atoms with Crippen LogP contribution in [-0.4, -0.2) is 16.5 Å². The van der Waals surface area contributed by atoms with E-state index < -0.39 is 0 Å². The number of rotatable bonds is 4. The van der Waals surface area contributed by atoms with Gasteiger partial charge in [-0.1, -0.05) is 24.3 Å². The number of nitrogens with two attached hydrogens (primary N) is 1. The number of benzene rings is 2. The van der Waals surface area contributed by atoms with Crippen LogP contribution in [0.4, 0.5) is 0 Å². The molecule has 6 heteroatoms. The fourth-order valence-corrected chi connectivity index (χ4v) is 1.76. The van der Waals surface area contributed by atoms with Gasteiger partial charge in [0.05, 0.1) is 0 Å². The molecule has 0 unspecified atom stereocenters. The first-order valence-electron chi connectivity index (χ1n) is 6.04. The number of amides is 1.